The van der Waals surface area contributed by atoms with Crippen LogP contribution in [0.1, 0.15) is 21.9 Å². The molecule has 0 saturated carbocycles. The van der Waals surface area contributed by atoms with Crippen LogP contribution in [-0.2, 0) is 0 Å². The van der Waals surface area contributed by atoms with Gasteiger partial charge in [0.2, 0.25) is 0 Å². The molecular formula is C14H12N4O2. The van der Waals surface area contributed by atoms with E-state index in [1.54, 1.807) is 36.0 Å². The van der Waals surface area contributed by atoms with Crippen molar-refractivity contribution in [2.24, 2.45) is 0 Å². The summed E-state index contributed by atoms with van der Waals surface area (Å²) >= 11 is 0. The lowest BCUT2D eigenvalue weighted by molar-refractivity contribution is 0.0699. The third-order valence-corrected chi connectivity index (χ3v) is 3.08. The summed E-state index contributed by atoms with van der Waals surface area (Å²) in [6, 6.07) is 5.39. The molecule has 0 bridgehead atoms. The summed E-state index contributed by atoms with van der Waals surface area (Å²) < 4.78 is 1.55. The van der Waals surface area contributed by atoms with Gasteiger partial charge in [0.25, 0.3) is 0 Å². The van der Waals surface area contributed by atoms with Crippen molar-refractivity contribution in [3.8, 4) is 11.1 Å². The lowest BCUT2D eigenvalue weighted by atomic mass is 10.0. The molecule has 0 atom stereocenters. The van der Waals surface area contributed by atoms with Crippen LogP contribution < -0.4 is 0 Å². The number of hydrogen-bond acceptors (Lipinski definition) is 4. The number of carboxylic acids is 1. The van der Waals surface area contributed by atoms with Crippen molar-refractivity contribution in [2.45, 2.75) is 13.8 Å². The molecule has 0 fully saturated rings. The molecule has 3 aromatic rings. The molecule has 1 N–H and O–H groups in total. The maximum absolute atomic E-state index is 11.6. The molecule has 0 spiro atoms. The second-order valence-corrected chi connectivity index (χ2v) is 4.52. The lowest BCUT2D eigenvalue weighted by Gasteiger charge is -2.09. The average Bonchev–Trinajstić information content (AvgIpc) is 2.81. The summed E-state index contributed by atoms with van der Waals surface area (Å²) in [6.45, 7) is 3.61. The van der Waals surface area contributed by atoms with Gasteiger partial charge < -0.3 is 5.11 Å². The minimum Gasteiger partial charge on any atom is -0.478 e. The Morgan fingerprint density at radius 2 is 2.15 bits per heavy atom. The second kappa shape index (κ2) is 4.41. The molecule has 3 heterocycles. The van der Waals surface area contributed by atoms with Crippen molar-refractivity contribution in [1.82, 2.24) is 19.6 Å². The quantitative estimate of drug-likeness (QED) is 0.769. The fourth-order valence-electron chi connectivity index (χ4n) is 2.25. The molecule has 0 aliphatic rings. The minimum absolute atomic E-state index is 0.143. The Morgan fingerprint density at radius 1 is 1.35 bits per heavy atom. The second-order valence-electron chi connectivity index (χ2n) is 4.52. The van der Waals surface area contributed by atoms with Gasteiger partial charge in [-0.2, -0.15) is 5.10 Å². The molecule has 3 aromatic heterocycles. The first-order valence-electron chi connectivity index (χ1n) is 6.08. The Hall–Kier alpha value is -2.76. The summed E-state index contributed by atoms with van der Waals surface area (Å²) in [4.78, 5) is 19.9. The van der Waals surface area contributed by atoms with Crippen molar-refractivity contribution in [2.75, 3.05) is 0 Å². The first kappa shape index (κ1) is 12.3. The molecule has 100 valence electrons. The number of aryl methyl sites for hydroxylation is 2. The number of fused-ring (bicyclic) bond motifs is 1. The van der Waals surface area contributed by atoms with Gasteiger partial charge in [0, 0.05) is 29.2 Å². The van der Waals surface area contributed by atoms with Crippen LogP contribution in [0.3, 0.4) is 0 Å². The molecule has 0 aromatic carbocycles. The largest absolute Gasteiger partial charge is 0.478 e. The predicted octanol–water partition coefficient (Wildman–Crippen LogP) is 2.11. The van der Waals surface area contributed by atoms with Gasteiger partial charge in [-0.15, -0.1) is 0 Å². The number of pyridine rings is 2. The zero-order chi connectivity index (χ0) is 14.3. The van der Waals surface area contributed by atoms with Crippen LogP contribution >= 0.6 is 0 Å². The third kappa shape index (κ3) is 1.82. The van der Waals surface area contributed by atoms with Crippen LogP contribution in [0, 0.1) is 13.8 Å². The summed E-state index contributed by atoms with van der Waals surface area (Å²) in [5.74, 6) is -0.486. The fraction of sp³-hybridized carbons (Fsp3) is 0.143. The van der Waals surface area contributed by atoms with Crippen LogP contribution in [0.4, 0.5) is 0 Å². The Morgan fingerprint density at radius 3 is 2.80 bits per heavy atom. The number of aromatic nitrogens is 4. The van der Waals surface area contributed by atoms with E-state index in [1.807, 2.05) is 13.0 Å². The van der Waals surface area contributed by atoms with Gasteiger partial charge in [-0.3, -0.25) is 4.98 Å². The van der Waals surface area contributed by atoms with E-state index in [0.717, 1.165) is 11.3 Å². The van der Waals surface area contributed by atoms with Crippen LogP contribution in [0.2, 0.25) is 0 Å². The van der Waals surface area contributed by atoms with Crippen molar-refractivity contribution in [1.29, 1.82) is 0 Å². The van der Waals surface area contributed by atoms with E-state index in [9.17, 15) is 9.90 Å². The Labute approximate surface area is 114 Å². The van der Waals surface area contributed by atoms with E-state index in [0.29, 0.717) is 17.0 Å². The van der Waals surface area contributed by atoms with E-state index in [-0.39, 0.29) is 5.56 Å². The Balaban J connectivity index is 2.43. The SMILES string of the molecule is Cc1nc2c(C(=O)O)c(-c3cccnc3)cc(C)n2n1. The van der Waals surface area contributed by atoms with Crippen LogP contribution in [-0.4, -0.2) is 30.7 Å². The normalized spacial score (nSPS) is 10.9. The van der Waals surface area contributed by atoms with Gasteiger partial charge in [0.05, 0.1) is 0 Å². The maximum atomic E-state index is 11.6. The van der Waals surface area contributed by atoms with E-state index in [4.69, 9.17) is 0 Å². The van der Waals surface area contributed by atoms with Gasteiger partial charge in [-0.1, -0.05) is 6.07 Å². The van der Waals surface area contributed by atoms with Crippen molar-refractivity contribution >= 4 is 11.6 Å². The Kier molecular flexibility index (Phi) is 2.71. The Bertz CT molecular complexity index is 809. The summed E-state index contributed by atoms with van der Waals surface area (Å²) in [7, 11) is 0. The molecule has 20 heavy (non-hydrogen) atoms. The van der Waals surface area contributed by atoms with E-state index >= 15 is 0 Å². The highest BCUT2D eigenvalue weighted by atomic mass is 16.4. The van der Waals surface area contributed by atoms with Gasteiger partial charge in [-0.05, 0) is 26.0 Å². The summed E-state index contributed by atoms with van der Waals surface area (Å²) in [6.07, 6.45) is 3.29. The molecule has 0 saturated heterocycles. The third-order valence-electron chi connectivity index (χ3n) is 3.08. The highest BCUT2D eigenvalue weighted by molar-refractivity contribution is 6.02. The minimum atomic E-state index is -1.03. The molecule has 6 heteroatoms. The number of nitrogens with zero attached hydrogens (tertiary/aromatic N) is 4. The number of rotatable bonds is 2. The van der Waals surface area contributed by atoms with Gasteiger partial charge in [0.15, 0.2) is 5.65 Å². The average molecular weight is 268 g/mol. The van der Waals surface area contributed by atoms with Gasteiger partial charge in [0.1, 0.15) is 11.4 Å². The molecule has 6 nitrogen and oxygen atoms in total. The number of hydrogen-bond donors (Lipinski definition) is 1. The number of carbonyl (C=O) groups is 1. The van der Waals surface area contributed by atoms with Crippen LogP contribution in [0.5, 0.6) is 0 Å². The smallest absolute Gasteiger partial charge is 0.340 e. The zero-order valence-corrected chi connectivity index (χ0v) is 11.0. The maximum Gasteiger partial charge on any atom is 0.340 e. The standard InChI is InChI=1S/C14H12N4O2/c1-8-6-11(10-4-3-5-15-7-10)12(14(19)20)13-16-9(2)17-18(8)13/h3-7H,1-2H3,(H,19,20). The molecular weight excluding hydrogens is 256 g/mol. The van der Waals surface area contributed by atoms with Crippen LogP contribution in [0.15, 0.2) is 30.6 Å². The highest BCUT2D eigenvalue weighted by Crippen LogP contribution is 2.27. The van der Waals surface area contributed by atoms with Crippen molar-refractivity contribution in [3.63, 3.8) is 0 Å². The van der Waals surface area contributed by atoms with E-state index < -0.39 is 5.97 Å². The van der Waals surface area contributed by atoms with E-state index in [2.05, 4.69) is 15.1 Å². The summed E-state index contributed by atoms with van der Waals surface area (Å²) in [5, 5.41) is 13.7. The molecule has 0 aliphatic heterocycles. The molecule has 3 rings (SSSR count). The van der Waals surface area contributed by atoms with E-state index in [1.165, 1.54) is 0 Å². The molecule has 0 unspecified atom stereocenters. The van der Waals surface area contributed by atoms with Crippen LogP contribution in [0.25, 0.3) is 16.8 Å². The molecule has 0 amide bonds. The van der Waals surface area contributed by atoms with Gasteiger partial charge >= 0.3 is 5.97 Å². The highest BCUT2D eigenvalue weighted by Gasteiger charge is 2.20. The predicted molar refractivity (Wildman–Crippen MR) is 72.7 cm³/mol. The number of carboxylic acid groups (broad SMARTS) is 1. The monoisotopic (exact) mass is 268 g/mol. The van der Waals surface area contributed by atoms with Gasteiger partial charge in [-0.25, -0.2) is 14.3 Å². The first-order chi connectivity index (χ1) is 9.58. The summed E-state index contributed by atoms with van der Waals surface area (Å²) in [5.41, 5.74) is 2.67. The zero-order valence-electron chi connectivity index (χ0n) is 11.0. The van der Waals surface area contributed by atoms with Crippen molar-refractivity contribution in [3.05, 3.63) is 47.7 Å². The molecule has 0 aliphatic carbocycles. The molecule has 0 radical (unpaired) electrons. The first-order valence-corrected chi connectivity index (χ1v) is 6.08. The lowest BCUT2D eigenvalue weighted by Crippen LogP contribution is -2.06. The topological polar surface area (TPSA) is 80.4 Å². The van der Waals surface area contributed by atoms with Crippen molar-refractivity contribution < 1.29 is 9.90 Å². The number of aromatic carboxylic acids is 1. The fourth-order valence-corrected chi connectivity index (χ4v) is 2.25.